The number of rotatable bonds is 7. The summed E-state index contributed by atoms with van der Waals surface area (Å²) in [4.78, 5) is 49.7. The Bertz CT molecular complexity index is 760. The molecule has 1 fully saturated rings. The molecule has 1 aliphatic heterocycles. The van der Waals surface area contributed by atoms with Gasteiger partial charge in [-0.25, -0.2) is 9.59 Å². The third kappa shape index (κ3) is 4.68. The number of amides is 6. The van der Waals surface area contributed by atoms with Crippen LogP contribution in [0.2, 0.25) is 0 Å². The van der Waals surface area contributed by atoms with Crippen molar-refractivity contribution in [1.82, 2.24) is 20.9 Å². The number of benzene rings is 1. The summed E-state index contributed by atoms with van der Waals surface area (Å²) in [5, 5.41) is 7.33. The Morgan fingerprint density at radius 1 is 1.18 bits per heavy atom. The normalized spacial score (nSPS) is 19.0. The summed E-state index contributed by atoms with van der Waals surface area (Å²) >= 11 is 0. The number of unbranched alkanes of at least 4 members (excludes halogenated alkanes) is 1. The highest BCUT2D eigenvalue weighted by atomic mass is 16.2. The van der Waals surface area contributed by atoms with Crippen molar-refractivity contribution in [2.45, 2.75) is 52.0 Å². The molecule has 0 spiro atoms. The Hall–Kier alpha value is -2.90. The van der Waals surface area contributed by atoms with Gasteiger partial charge in [0.15, 0.2) is 0 Å². The number of carbonyl (C=O) groups is 4. The highest BCUT2D eigenvalue weighted by Gasteiger charge is 2.49. The zero-order valence-corrected chi connectivity index (χ0v) is 16.8. The van der Waals surface area contributed by atoms with E-state index in [1.807, 2.05) is 19.1 Å². The topological polar surface area (TPSA) is 108 Å². The van der Waals surface area contributed by atoms with Crippen molar-refractivity contribution < 1.29 is 19.2 Å². The lowest BCUT2D eigenvalue weighted by atomic mass is 9.90. The minimum atomic E-state index is -1.25. The summed E-state index contributed by atoms with van der Waals surface area (Å²) in [6.45, 7) is 7.65. The lowest BCUT2D eigenvalue weighted by Crippen LogP contribution is -2.47. The van der Waals surface area contributed by atoms with Gasteiger partial charge in [-0.2, -0.15) is 0 Å². The Kier molecular flexibility index (Phi) is 6.77. The van der Waals surface area contributed by atoms with Gasteiger partial charge in [-0.15, -0.1) is 0 Å². The molecule has 0 radical (unpaired) electrons. The maximum atomic E-state index is 12.9. The van der Waals surface area contributed by atoms with E-state index in [0.717, 1.165) is 23.3 Å². The molecular weight excluding hydrogens is 360 g/mol. The van der Waals surface area contributed by atoms with Crippen LogP contribution in [0.5, 0.6) is 0 Å². The Morgan fingerprint density at radius 3 is 2.39 bits per heavy atom. The second-order valence-corrected chi connectivity index (χ2v) is 7.38. The van der Waals surface area contributed by atoms with E-state index >= 15 is 0 Å². The number of imide groups is 2. The summed E-state index contributed by atoms with van der Waals surface area (Å²) in [6, 6.07) is 6.14. The predicted octanol–water partition coefficient (Wildman–Crippen LogP) is 2.20. The molecule has 0 aromatic heterocycles. The molecule has 1 heterocycles. The largest absolute Gasteiger partial charge is 0.338 e. The van der Waals surface area contributed by atoms with Crippen molar-refractivity contribution in [3.8, 4) is 0 Å². The smallest absolute Gasteiger partial charge is 0.325 e. The van der Waals surface area contributed by atoms with Crippen LogP contribution in [0.1, 0.15) is 57.6 Å². The second kappa shape index (κ2) is 8.86. The minimum absolute atomic E-state index is 0.347. The second-order valence-electron chi connectivity index (χ2n) is 7.38. The molecule has 1 aromatic rings. The highest BCUT2D eigenvalue weighted by molar-refractivity contribution is 6.10. The Balaban J connectivity index is 2.04. The molecule has 0 aliphatic carbocycles. The first-order valence-electron chi connectivity index (χ1n) is 9.51. The average Bonchev–Trinajstić information content (AvgIpc) is 2.86. The van der Waals surface area contributed by atoms with E-state index in [4.69, 9.17) is 0 Å². The van der Waals surface area contributed by atoms with Crippen LogP contribution in [0.25, 0.3) is 0 Å². The zero-order valence-electron chi connectivity index (χ0n) is 16.8. The molecule has 28 heavy (non-hydrogen) atoms. The van der Waals surface area contributed by atoms with E-state index in [0.29, 0.717) is 18.0 Å². The first-order chi connectivity index (χ1) is 13.2. The van der Waals surface area contributed by atoms with Crippen LogP contribution >= 0.6 is 0 Å². The van der Waals surface area contributed by atoms with E-state index in [1.54, 1.807) is 19.1 Å². The van der Waals surface area contributed by atoms with Crippen LogP contribution in [0, 0.1) is 0 Å². The van der Waals surface area contributed by atoms with Crippen LogP contribution in [0.3, 0.4) is 0 Å². The third-order valence-corrected chi connectivity index (χ3v) is 4.80. The van der Waals surface area contributed by atoms with E-state index in [9.17, 15) is 19.2 Å². The molecule has 1 aliphatic rings. The molecule has 8 nitrogen and oxygen atoms in total. The van der Waals surface area contributed by atoms with Gasteiger partial charge in [-0.1, -0.05) is 51.5 Å². The van der Waals surface area contributed by atoms with Crippen LogP contribution in [-0.2, 0) is 15.1 Å². The van der Waals surface area contributed by atoms with Crippen LogP contribution in [-0.4, -0.2) is 41.9 Å². The molecule has 1 atom stereocenters. The fourth-order valence-corrected chi connectivity index (χ4v) is 2.97. The molecule has 2 rings (SSSR count). The van der Waals surface area contributed by atoms with Crippen molar-refractivity contribution in [2.75, 3.05) is 13.1 Å². The highest BCUT2D eigenvalue weighted by Crippen LogP contribution is 2.29. The van der Waals surface area contributed by atoms with Gasteiger partial charge in [-0.3, -0.25) is 19.8 Å². The quantitative estimate of drug-likeness (QED) is 0.492. The zero-order chi connectivity index (χ0) is 20.9. The number of hydrogen-bond donors (Lipinski definition) is 3. The summed E-state index contributed by atoms with van der Waals surface area (Å²) in [5.74, 6) is -0.910. The molecular formula is C20H28N4O4. The fraction of sp³-hybridized carbons (Fsp3) is 0.500. The van der Waals surface area contributed by atoms with E-state index in [2.05, 4.69) is 29.8 Å². The molecule has 1 saturated heterocycles. The number of urea groups is 2. The SMILES string of the molecule is CCCCNC(=O)NC(=O)CN1C(=O)N[C@@](C)(c2ccc(C(C)C)cc2)C1=O. The summed E-state index contributed by atoms with van der Waals surface area (Å²) < 4.78 is 0. The van der Waals surface area contributed by atoms with Gasteiger partial charge < -0.3 is 10.6 Å². The van der Waals surface area contributed by atoms with Crippen LogP contribution < -0.4 is 16.0 Å². The molecule has 0 bridgehead atoms. The van der Waals surface area contributed by atoms with E-state index < -0.39 is 36.0 Å². The maximum absolute atomic E-state index is 12.9. The van der Waals surface area contributed by atoms with Gasteiger partial charge in [0, 0.05) is 6.54 Å². The first kappa shape index (κ1) is 21.4. The summed E-state index contributed by atoms with van der Waals surface area (Å²) in [5.41, 5.74) is 0.501. The fourth-order valence-electron chi connectivity index (χ4n) is 2.97. The van der Waals surface area contributed by atoms with Gasteiger partial charge in [0.1, 0.15) is 12.1 Å². The first-order valence-corrected chi connectivity index (χ1v) is 9.51. The van der Waals surface area contributed by atoms with Crippen molar-refractivity contribution in [2.24, 2.45) is 0 Å². The van der Waals surface area contributed by atoms with Gasteiger partial charge in [0.2, 0.25) is 5.91 Å². The Labute approximate surface area is 165 Å². The van der Waals surface area contributed by atoms with Crippen molar-refractivity contribution >= 4 is 23.9 Å². The molecule has 152 valence electrons. The summed E-state index contributed by atoms with van der Waals surface area (Å²) in [7, 11) is 0. The van der Waals surface area contributed by atoms with Crippen molar-refractivity contribution in [1.29, 1.82) is 0 Å². The monoisotopic (exact) mass is 388 g/mol. The minimum Gasteiger partial charge on any atom is -0.338 e. The number of nitrogens with zero attached hydrogens (tertiary/aromatic N) is 1. The molecule has 3 N–H and O–H groups in total. The summed E-state index contributed by atoms with van der Waals surface area (Å²) in [6.07, 6.45) is 1.70. The van der Waals surface area contributed by atoms with E-state index in [-0.39, 0.29) is 0 Å². The molecule has 8 heteroatoms. The van der Waals surface area contributed by atoms with Crippen molar-refractivity contribution in [3.63, 3.8) is 0 Å². The third-order valence-electron chi connectivity index (χ3n) is 4.80. The lowest BCUT2D eigenvalue weighted by Gasteiger charge is -2.22. The van der Waals surface area contributed by atoms with Crippen LogP contribution in [0.4, 0.5) is 9.59 Å². The number of hydrogen-bond acceptors (Lipinski definition) is 4. The van der Waals surface area contributed by atoms with E-state index in [1.165, 1.54) is 0 Å². The maximum Gasteiger partial charge on any atom is 0.325 e. The lowest BCUT2D eigenvalue weighted by molar-refractivity contribution is -0.134. The molecule has 0 unspecified atom stereocenters. The number of nitrogens with one attached hydrogen (secondary N) is 3. The van der Waals surface area contributed by atoms with Gasteiger partial charge in [0.05, 0.1) is 0 Å². The molecule has 0 saturated carbocycles. The van der Waals surface area contributed by atoms with Crippen molar-refractivity contribution in [3.05, 3.63) is 35.4 Å². The van der Waals surface area contributed by atoms with Gasteiger partial charge in [0.25, 0.3) is 5.91 Å². The predicted molar refractivity (Wildman–Crippen MR) is 105 cm³/mol. The Morgan fingerprint density at radius 2 is 1.82 bits per heavy atom. The standard InChI is InChI=1S/C20H28N4O4/c1-5-6-11-21-18(27)22-16(25)12-24-17(26)20(4,23-19(24)28)15-9-7-14(8-10-15)13(2)3/h7-10,13H,5-6,11-12H2,1-4H3,(H,23,28)(H2,21,22,25,27)/t20-/m0/s1. The average molecular weight is 388 g/mol. The molecule has 6 amide bonds. The van der Waals surface area contributed by atoms with Gasteiger partial charge >= 0.3 is 12.1 Å². The number of carbonyl (C=O) groups excluding carboxylic acids is 4. The van der Waals surface area contributed by atoms with Gasteiger partial charge in [-0.05, 0) is 30.4 Å². The molecule has 1 aromatic carbocycles. The van der Waals surface area contributed by atoms with Crippen LogP contribution in [0.15, 0.2) is 24.3 Å².